The standard InChI is InChI=1S/C15H23NO/c1-11(16-14-10-15(14,2)3)4-5-12-6-8-13(17)9-7-12/h6-9,11,14,16-17H,4-5,10H2,1-3H3. The normalized spacial score (nSPS) is 23.4. The molecule has 0 radical (unpaired) electrons. The molecule has 0 amide bonds. The van der Waals surface area contributed by atoms with Crippen molar-refractivity contribution < 1.29 is 5.11 Å². The number of aryl methyl sites for hydroxylation is 1. The fourth-order valence-corrected chi connectivity index (χ4v) is 2.22. The van der Waals surface area contributed by atoms with Crippen LogP contribution in [0.25, 0.3) is 0 Å². The van der Waals surface area contributed by atoms with Gasteiger partial charge in [0.05, 0.1) is 0 Å². The molecular formula is C15H23NO. The topological polar surface area (TPSA) is 32.3 Å². The Balaban J connectivity index is 1.73. The Hall–Kier alpha value is -1.02. The molecule has 2 atom stereocenters. The number of aromatic hydroxyl groups is 1. The van der Waals surface area contributed by atoms with Gasteiger partial charge in [0.15, 0.2) is 0 Å². The summed E-state index contributed by atoms with van der Waals surface area (Å²) in [7, 11) is 0. The Morgan fingerprint density at radius 2 is 1.94 bits per heavy atom. The van der Waals surface area contributed by atoms with Gasteiger partial charge in [0.25, 0.3) is 0 Å². The number of rotatable bonds is 5. The van der Waals surface area contributed by atoms with E-state index in [0.29, 0.717) is 23.2 Å². The highest BCUT2D eigenvalue weighted by Crippen LogP contribution is 2.44. The van der Waals surface area contributed by atoms with Gasteiger partial charge in [-0.25, -0.2) is 0 Å². The van der Waals surface area contributed by atoms with Crippen LogP contribution in [0.4, 0.5) is 0 Å². The van der Waals surface area contributed by atoms with Crippen molar-refractivity contribution in [1.82, 2.24) is 5.32 Å². The first-order chi connectivity index (χ1) is 7.97. The van der Waals surface area contributed by atoms with E-state index in [1.54, 1.807) is 12.1 Å². The maximum absolute atomic E-state index is 9.21. The third-order valence-corrected chi connectivity index (χ3v) is 3.80. The second-order valence-corrected chi connectivity index (χ2v) is 6.02. The van der Waals surface area contributed by atoms with Crippen molar-refractivity contribution in [3.63, 3.8) is 0 Å². The van der Waals surface area contributed by atoms with Gasteiger partial charge in [-0.05, 0) is 49.3 Å². The summed E-state index contributed by atoms with van der Waals surface area (Å²) in [5, 5.41) is 12.9. The largest absolute Gasteiger partial charge is 0.508 e. The van der Waals surface area contributed by atoms with E-state index in [0.717, 1.165) is 12.8 Å². The van der Waals surface area contributed by atoms with Crippen LogP contribution in [0, 0.1) is 5.41 Å². The van der Waals surface area contributed by atoms with E-state index in [4.69, 9.17) is 0 Å². The van der Waals surface area contributed by atoms with Crippen molar-refractivity contribution in [1.29, 1.82) is 0 Å². The number of hydrogen-bond donors (Lipinski definition) is 2. The predicted molar refractivity (Wildman–Crippen MR) is 71.2 cm³/mol. The number of hydrogen-bond acceptors (Lipinski definition) is 2. The SMILES string of the molecule is CC(CCc1ccc(O)cc1)NC1CC1(C)C. The van der Waals surface area contributed by atoms with Crippen LogP contribution in [0.5, 0.6) is 5.75 Å². The number of nitrogens with one attached hydrogen (secondary N) is 1. The van der Waals surface area contributed by atoms with E-state index in [-0.39, 0.29) is 0 Å². The van der Waals surface area contributed by atoms with Crippen LogP contribution in [-0.4, -0.2) is 17.2 Å². The minimum Gasteiger partial charge on any atom is -0.508 e. The average Bonchev–Trinajstić information content (AvgIpc) is 2.85. The molecule has 0 spiro atoms. The zero-order chi connectivity index (χ0) is 12.5. The summed E-state index contributed by atoms with van der Waals surface area (Å²) in [6.07, 6.45) is 3.52. The maximum Gasteiger partial charge on any atom is 0.115 e. The molecule has 0 bridgehead atoms. The van der Waals surface area contributed by atoms with Gasteiger partial charge in [-0.15, -0.1) is 0 Å². The van der Waals surface area contributed by atoms with Crippen molar-refractivity contribution in [2.45, 2.75) is 52.1 Å². The quantitative estimate of drug-likeness (QED) is 0.819. The Bertz CT molecular complexity index is 369. The van der Waals surface area contributed by atoms with Crippen molar-refractivity contribution in [2.75, 3.05) is 0 Å². The van der Waals surface area contributed by atoms with Gasteiger partial charge in [0.2, 0.25) is 0 Å². The molecular weight excluding hydrogens is 210 g/mol. The van der Waals surface area contributed by atoms with Crippen molar-refractivity contribution in [3.05, 3.63) is 29.8 Å². The maximum atomic E-state index is 9.21. The summed E-state index contributed by atoms with van der Waals surface area (Å²) in [6.45, 7) is 6.89. The van der Waals surface area contributed by atoms with Crippen LogP contribution in [0.2, 0.25) is 0 Å². The second kappa shape index (κ2) is 4.69. The van der Waals surface area contributed by atoms with E-state index in [1.165, 1.54) is 12.0 Å². The van der Waals surface area contributed by atoms with Gasteiger partial charge in [0.1, 0.15) is 5.75 Å². The first-order valence-corrected chi connectivity index (χ1v) is 6.51. The lowest BCUT2D eigenvalue weighted by Gasteiger charge is -2.15. The molecule has 1 aromatic rings. The first kappa shape index (κ1) is 12.4. The number of phenols is 1. The van der Waals surface area contributed by atoms with E-state index < -0.39 is 0 Å². The molecule has 1 saturated carbocycles. The summed E-state index contributed by atoms with van der Waals surface area (Å²) >= 11 is 0. The van der Waals surface area contributed by atoms with E-state index >= 15 is 0 Å². The monoisotopic (exact) mass is 233 g/mol. The Morgan fingerprint density at radius 3 is 2.47 bits per heavy atom. The van der Waals surface area contributed by atoms with Crippen LogP contribution in [-0.2, 0) is 6.42 Å². The van der Waals surface area contributed by atoms with Crippen LogP contribution >= 0.6 is 0 Å². The molecule has 2 nitrogen and oxygen atoms in total. The third-order valence-electron chi connectivity index (χ3n) is 3.80. The van der Waals surface area contributed by atoms with Gasteiger partial charge >= 0.3 is 0 Å². The Morgan fingerprint density at radius 1 is 1.35 bits per heavy atom. The molecule has 1 fully saturated rings. The average molecular weight is 233 g/mol. The highest BCUT2D eigenvalue weighted by atomic mass is 16.3. The first-order valence-electron chi connectivity index (χ1n) is 6.51. The van der Waals surface area contributed by atoms with Crippen molar-refractivity contribution >= 4 is 0 Å². The van der Waals surface area contributed by atoms with Crippen LogP contribution in [0.1, 0.15) is 39.2 Å². The molecule has 17 heavy (non-hydrogen) atoms. The molecule has 1 aliphatic carbocycles. The van der Waals surface area contributed by atoms with Gasteiger partial charge in [-0.2, -0.15) is 0 Å². The van der Waals surface area contributed by atoms with Gasteiger partial charge in [-0.3, -0.25) is 0 Å². The lowest BCUT2D eigenvalue weighted by atomic mass is 10.1. The molecule has 2 rings (SSSR count). The van der Waals surface area contributed by atoms with E-state index in [1.807, 2.05) is 12.1 Å². The zero-order valence-electron chi connectivity index (χ0n) is 11.0. The van der Waals surface area contributed by atoms with Gasteiger partial charge in [0, 0.05) is 12.1 Å². The van der Waals surface area contributed by atoms with Gasteiger partial charge < -0.3 is 10.4 Å². The summed E-state index contributed by atoms with van der Waals surface area (Å²) in [5.41, 5.74) is 1.80. The molecule has 0 saturated heterocycles. The third kappa shape index (κ3) is 3.47. The zero-order valence-corrected chi connectivity index (χ0v) is 11.0. The second-order valence-electron chi connectivity index (χ2n) is 6.02. The van der Waals surface area contributed by atoms with Gasteiger partial charge in [-0.1, -0.05) is 26.0 Å². The number of benzene rings is 1. The molecule has 0 aliphatic heterocycles. The minimum absolute atomic E-state index is 0.347. The van der Waals surface area contributed by atoms with Crippen LogP contribution in [0.15, 0.2) is 24.3 Å². The smallest absolute Gasteiger partial charge is 0.115 e. The molecule has 0 aromatic heterocycles. The fraction of sp³-hybridized carbons (Fsp3) is 0.600. The molecule has 2 unspecified atom stereocenters. The molecule has 2 N–H and O–H groups in total. The Kier molecular flexibility index (Phi) is 3.43. The van der Waals surface area contributed by atoms with Crippen LogP contribution in [0.3, 0.4) is 0 Å². The highest BCUT2D eigenvalue weighted by molar-refractivity contribution is 5.25. The predicted octanol–water partition coefficient (Wildman–Crippen LogP) is 3.10. The molecule has 94 valence electrons. The lowest BCUT2D eigenvalue weighted by Crippen LogP contribution is -2.30. The Labute approximate surface area is 104 Å². The molecule has 1 aromatic carbocycles. The van der Waals surface area contributed by atoms with Crippen molar-refractivity contribution in [3.8, 4) is 5.75 Å². The van der Waals surface area contributed by atoms with E-state index in [2.05, 4.69) is 26.1 Å². The van der Waals surface area contributed by atoms with E-state index in [9.17, 15) is 5.11 Å². The summed E-state index contributed by atoms with van der Waals surface area (Å²) < 4.78 is 0. The minimum atomic E-state index is 0.347. The summed E-state index contributed by atoms with van der Waals surface area (Å²) in [4.78, 5) is 0. The van der Waals surface area contributed by atoms with Crippen molar-refractivity contribution in [2.24, 2.45) is 5.41 Å². The molecule has 2 heteroatoms. The van der Waals surface area contributed by atoms with Crippen LogP contribution < -0.4 is 5.32 Å². The fourth-order valence-electron chi connectivity index (χ4n) is 2.22. The molecule has 0 heterocycles. The highest BCUT2D eigenvalue weighted by Gasteiger charge is 2.45. The summed E-state index contributed by atoms with van der Waals surface area (Å²) in [6, 6.07) is 8.80. The molecule has 1 aliphatic rings. The summed E-state index contributed by atoms with van der Waals surface area (Å²) in [5.74, 6) is 0.347. The lowest BCUT2D eigenvalue weighted by molar-refractivity contribution is 0.460. The number of phenolic OH excluding ortho intramolecular Hbond substituents is 1.